The molecule has 0 bridgehead atoms. The van der Waals surface area contributed by atoms with Gasteiger partial charge in [0, 0.05) is 25.4 Å². The molecule has 0 aliphatic rings. The molecular weight excluding hydrogens is 272 g/mol. The van der Waals surface area contributed by atoms with Gasteiger partial charge in [0.1, 0.15) is 9.84 Å². The molecule has 1 N–H and O–H groups in total. The molecule has 0 amide bonds. The topological polar surface area (TPSA) is 49.4 Å². The van der Waals surface area contributed by atoms with Crippen molar-refractivity contribution in [1.82, 2.24) is 10.2 Å². The van der Waals surface area contributed by atoms with E-state index in [0.29, 0.717) is 6.54 Å². The number of nitrogens with one attached hydrogen (secondary N) is 1. The molecule has 0 aliphatic carbocycles. The van der Waals surface area contributed by atoms with E-state index in [0.717, 1.165) is 13.1 Å². The molecule has 1 atom stereocenters. The number of likely N-dealkylation sites (N-methyl/N-ethyl adjacent to an activating group) is 2. The Bertz CT molecular complexity index is 514. The van der Waals surface area contributed by atoms with Crippen LogP contribution in [-0.4, -0.2) is 52.0 Å². The molecule has 1 unspecified atom stereocenters. The SMILES string of the molecule is CCNC(CN(C)CCS(C)(=O)=O)c1cccc(C)c1. The Labute approximate surface area is 123 Å². The average molecular weight is 298 g/mol. The molecule has 1 aromatic carbocycles. The Morgan fingerprint density at radius 1 is 1.35 bits per heavy atom. The van der Waals surface area contributed by atoms with Crippen molar-refractivity contribution < 1.29 is 8.42 Å². The highest BCUT2D eigenvalue weighted by atomic mass is 32.2. The predicted octanol–water partition coefficient (Wildman–Crippen LogP) is 1.62. The molecule has 1 aromatic rings. The van der Waals surface area contributed by atoms with E-state index in [1.54, 1.807) is 0 Å². The van der Waals surface area contributed by atoms with E-state index in [-0.39, 0.29) is 11.8 Å². The highest BCUT2D eigenvalue weighted by Gasteiger charge is 2.14. The molecule has 4 nitrogen and oxygen atoms in total. The molecule has 0 radical (unpaired) electrons. The molecule has 0 spiro atoms. The van der Waals surface area contributed by atoms with Crippen molar-refractivity contribution in [3.63, 3.8) is 0 Å². The van der Waals surface area contributed by atoms with Gasteiger partial charge in [-0.1, -0.05) is 36.8 Å². The Morgan fingerprint density at radius 2 is 2.05 bits per heavy atom. The van der Waals surface area contributed by atoms with Crippen LogP contribution in [0.4, 0.5) is 0 Å². The van der Waals surface area contributed by atoms with Crippen LogP contribution in [0.1, 0.15) is 24.1 Å². The monoisotopic (exact) mass is 298 g/mol. The van der Waals surface area contributed by atoms with Gasteiger partial charge in [0.05, 0.1) is 5.75 Å². The minimum Gasteiger partial charge on any atom is -0.309 e. The third-order valence-corrected chi connectivity index (χ3v) is 4.16. The summed E-state index contributed by atoms with van der Waals surface area (Å²) in [6, 6.07) is 8.66. The summed E-state index contributed by atoms with van der Waals surface area (Å²) in [7, 11) is -0.937. The number of hydrogen-bond donors (Lipinski definition) is 1. The summed E-state index contributed by atoms with van der Waals surface area (Å²) < 4.78 is 22.4. The van der Waals surface area contributed by atoms with Crippen molar-refractivity contribution in [2.75, 3.05) is 38.7 Å². The number of nitrogens with zero attached hydrogens (tertiary/aromatic N) is 1. The van der Waals surface area contributed by atoms with Crippen molar-refractivity contribution >= 4 is 9.84 Å². The van der Waals surface area contributed by atoms with Crippen LogP contribution in [0, 0.1) is 6.92 Å². The van der Waals surface area contributed by atoms with Crippen LogP contribution < -0.4 is 5.32 Å². The summed E-state index contributed by atoms with van der Waals surface area (Å²) in [5, 5.41) is 3.46. The van der Waals surface area contributed by atoms with Crippen molar-refractivity contribution in [3.05, 3.63) is 35.4 Å². The van der Waals surface area contributed by atoms with Crippen LogP contribution in [0.15, 0.2) is 24.3 Å². The fraction of sp³-hybridized carbons (Fsp3) is 0.600. The van der Waals surface area contributed by atoms with Crippen molar-refractivity contribution in [2.24, 2.45) is 0 Å². The van der Waals surface area contributed by atoms with Gasteiger partial charge >= 0.3 is 0 Å². The van der Waals surface area contributed by atoms with Crippen molar-refractivity contribution in [1.29, 1.82) is 0 Å². The lowest BCUT2D eigenvalue weighted by molar-refractivity contribution is 0.306. The van der Waals surface area contributed by atoms with E-state index >= 15 is 0 Å². The number of sulfone groups is 1. The van der Waals surface area contributed by atoms with Crippen LogP contribution in [0.3, 0.4) is 0 Å². The van der Waals surface area contributed by atoms with E-state index in [2.05, 4.69) is 48.3 Å². The molecule has 0 saturated heterocycles. The summed E-state index contributed by atoms with van der Waals surface area (Å²) in [4.78, 5) is 2.07. The number of hydrogen-bond acceptors (Lipinski definition) is 4. The van der Waals surface area contributed by atoms with Crippen LogP contribution >= 0.6 is 0 Å². The second-order valence-corrected chi connectivity index (χ2v) is 7.68. The van der Waals surface area contributed by atoms with Crippen LogP contribution in [0.5, 0.6) is 0 Å². The number of rotatable bonds is 8. The fourth-order valence-corrected chi connectivity index (χ4v) is 2.79. The van der Waals surface area contributed by atoms with Gasteiger partial charge in [-0.05, 0) is 26.1 Å². The molecular formula is C15H26N2O2S. The molecule has 0 saturated carbocycles. The minimum atomic E-state index is -2.90. The fourth-order valence-electron chi connectivity index (χ4n) is 2.15. The molecule has 0 aliphatic heterocycles. The van der Waals surface area contributed by atoms with Gasteiger partial charge in [0.15, 0.2) is 0 Å². The summed E-state index contributed by atoms with van der Waals surface area (Å²) in [5.74, 6) is 0.205. The van der Waals surface area contributed by atoms with E-state index in [9.17, 15) is 8.42 Å². The molecule has 0 aromatic heterocycles. The Hall–Kier alpha value is -0.910. The van der Waals surface area contributed by atoms with Gasteiger partial charge in [-0.3, -0.25) is 0 Å². The Kier molecular flexibility index (Phi) is 6.65. The molecule has 0 fully saturated rings. The molecule has 114 valence electrons. The molecule has 0 heterocycles. The second-order valence-electron chi connectivity index (χ2n) is 5.42. The zero-order valence-corrected chi connectivity index (χ0v) is 13.7. The highest BCUT2D eigenvalue weighted by molar-refractivity contribution is 7.90. The quantitative estimate of drug-likeness (QED) is 0.792. The number of aryl methyl sites for hydroxylation is 1. The summed E-state index contributed by atoms with van der Waals surface area (Å²) in [6.45, 7) is 6.41. The largest absolute Gasteiger partial charge is 0.309 e. The van der Waals surface area contributed by atoms with E-state index in [1.165, 1.54) is 17.4 Å². The molecule has 20 heavy (non-hydrogen) atoms. The summed E-state index contributed by atoms with van der Waals surface area (Å²) >= 11 is 0. The van der Waals surface area contributed by atoms with Crippen LogP contribution in [0.2, 0.25) is 0 Å². The van der Waals surface area contributed by atoms with Crippen molar-refractivity contribution in [3.8, 4) is 0 Å². The van der Waals surface area contributed by atoms with Crippen LogP contribution in [-0.2, 0) is 9.84 Å². The lowest BCUT2D eigenvalue weighted by atomic mass is 10.0. The zero-order valence-electron chi connectivity index (χ0n) is 12.9. The van der Waals surface area contributed by atoms with Gasteiger partial charge in [0.25, 0.3) is 0 Å². The normalized spacial score (nSPS) is 13.7. The third kappa shape index (κ3) is 6.50. The zero-order chi connectivity index (χ0) is 15.2. The van der Waals surface area contributed by atoms with Gasteiger partial charge in [-0.2, -0.15) is 0 Å². The Morgan fingerprint density at radius 3 is 2.60 bits per heavy atom. The average Bonchev–Trinajstić information content (AvgIpc) is 2.35. The first kappa shape index (κ1) is 17.1. The first-order valence-electron chi connectivity index (χ1n) is 6.98. The first-order valence-corrected chi connectivity index (χ1v) is 9.04. The minimum absolute atomic E-state index is 0.205. The summed E-state index contributed by atoms with van der Waals surface area (Å²) in [5.41, 5.74) is 2.49. The number of benzene rings is 1. The maximum absolute atomic E-state index is 11.2. The molecule has 5 heteroatoms. The van der Waals surface area contributed by atoms with E-state index < -0.39 is 9.84 Å². The maximum atomic E-state index is 11.2. The lowest BCUT2D eigenvalue weighted by Crippen LogP contribution is -2.35. The van der Waals surface area contributed by atoms with Gasteiger partial charge in [-0.25, -0.2) is 8.42 Å². The van der Waals surface area contributed by atoms with Gasteiger partial charge in [-0.15, -0.1) is 0 Å². The first-order chi connectivity index (χ1) is 9.31. The summed E-state index contributed by atoms with van der Waals surface area (Å²) in [6.07, 6.45) is 1.28. The smallest absolute Gasteiger partial charge is 0.148 e. The standard InChI is InChI=1S/C15H26N2O2S/c1-5-16-15(14-8-6-7-13(2)11-14)12-17(3)9-10-20(4,18)19/h6-8,11,15-16H,5,9-10,12H2,1-4H3. The van der Waals surface area contributed by atoms with Gasteiger partial charge in [0.2, 0.25) is 0 Å². The highest BCUT2D eigenvalue weighted by Crippen LogP contribution is 2.15. The second kappa shape index (κ2) is 7.76. The lowest BCUT2D eigenvalue weighted by Gasteiger charge is -2.25. The van der Waals surface area contributed by atoms with Gasteiger partial charge < -0.3 is 10.2 Å². The third-order valence-electron chi connectivity index (χ3n) is 3.23. The van der Waals surface area contributed by atoms with E-state index in [1.807, 2.05) is 7.05 Å². The van der Waals surface area contributed by atoms with Crippen LogP contribution in [0.25, 0.3) is 0 Å². The van der Waals surface area contributed by atoms with Crippen molar-refractivity contribution in [2.45, 2.75) is 19.9 Å². The maximum Gasteiger partial charge on any atom is 0.148 e. The Balaban J connectivity index is 2.67. The predicted molar refractivity (Wildman–Crippen MR) is 84.8 cm³/mol. The van der Waals surface area contributed by atoms with E-state index in [4.69, 9.17) is 0 Å². The molecule has 1 rings (SSSR count).